The predicted octanol–water partition coefficient (Wildman–Crippen LogP) is 3.75. The van der Waals surface area contributed by atoms with E-state index >= 15 is 0 Å². The lowest BCUT2D eigenvalue weighted by Gasteiger charge is -2.30. The molecule has 0 heterocycles. The normalized spacial score (nSPS) is 20.5. The van der Waals surface area contributed by atoms with Gasteiger partial charge < -0.3 is 10.8 Å². The summed E-state index contributed by atoms with van der Waals surface area (Å²) in [5, 5.41) is 10.4. The number of hydrogen-bond donors (Lipinski definition) is 2. The second kappa shape index (κ2) is 6.53. The minimum Gasteiger partial charge on any atom is -0.391 e. The highest BCUT2D eigenvalue weighted by Crippen LogP contribution is 2.31. The lowest BCUT2D eigenvalue weighted by Crippen LogP contribution is -2.34. The first-order valence-electron chi connectivity index (χ1n) is 7.63. The van der Waals surface area contributed by atoms with Crippen LogP contribution in [-0.4, -0.2) is 11.2 Å². The highest BCUT2D eigenvalue weighted by atomic mass is 16.3. The molecule has 0 spiro atoms. The molecule has 2 nitrogen and oxygen atoms in total. The molecule has 0 unspecified atom stereocenters. The van der Waals surface area contributed by atoms with E-state index < -0.39 is 6.10 Å². The van der Waals surface area contributed by atoms with Crippen molar-refractivity contribution >= 4 is 0 Å². The minimum absolute atomic E-state index is 0.246. The highest BCUT2D eigenvalue weighted by molar-refractivity contribution is 5.27. The van der Waals surface area contributed by atoms with E-state index in [0.717, 1.165) is 18.4 Å². The van der Waals surface area contributed by atoms with E-state index in [1.807, 2.05) is 0 Å². The Bertz CT molecular complexity index is 379. The van der Waals surface area contributed by atoms with Crippen LogP contribution in [0.2, 0.25) is 0 Å². The summed E-state index contributed by atoms with van der Waals surface area (Å²) in [5.41, 5.74) is 8.63. The lowest BCUT2D eigenvalue weighted by atomic mass is 9.81. The van der Waals surface area contributed by atoms with E-state index in [0.29, 0.717) is 11.8 Å². The molecular weight excluding hydrogens is 234 g/mol. The van der Waals surface area contributed by atoms with Crippen molar-refractivity contribution in [3.63, 3.8) is 0 Å². The molecule has 106 valence electrons. The molecule has 2 atom stereocenters. The first-order valence-corrected chi connectivity index (χ1v) is 7.63. The SMILES string of the molecule is CC(C)c1ccc([C@@H](N)[C@@H](O)C2CCCCC2)cc1. The van der Waals surface area contributed by atoms with Crippen LogP contribution in [0, 0.1) is 5.92 Å². The van der Waals surface area contributed by atoms with Crippen LogP contribution in [0.3, 0.4) is 0 Å². The van der Waals surface area contributed by atoms with Crippen molar-refractivity contribution < 1.29 is 5.11 Å². The third-order valence-electron chi connectivity index (χ3n) is 4.49. The maximum atomic E-state index is 10.4. The van der Waals surface area contributed by atoms with Crippen LogP contribution in [0.4, 0.5) is 0 Å². The molecule has 0 saturated heterocycles. The number of benzene rings is 1. The molecule has 0 radical (unpaired) electrons. The second-order valence-electron chi connectivity index (χ2n) is 6.24. The summed E-state index contributed by atoms with van der Waals surface area (Å²) >= 11 is 0. The molecule has 1 aliphatic rings. The molecule has 1 aromatic rings. The van der Waals surface area contributed by atoms with Crippen molar-refractivity contribution in [1.82, 2.24) is 0 Å². The van der Waals surface area contributed by atoms with Crippen molar-refractivity contribution in [2.45, 2.75) is 64.0 Å². The third kappa shape index (κ3) is 3.58. The molecule has 1 aliphatic carbocycles. The molecule has 0 amide bonds. The second-order valence-corrected chi connectivity index (χ2v) is 6.24. The van der Waals surface area contributed by atoms with E-state index in [9.17, 15) is 5.11 Å². The molecule has 19 heavy (non-hydrogen) atoms. The van der Waals surface area contributed by atoms with Crippen molar-refractivity contribution in [3.8, 4) is 0 Å². The number of aliphatic hydroxyl groups excluding tert-OH is 1. The van der Waals surface area contributed by atoms with Crippen LogP contribution >= 0.6 is 0 Å². The van der Waals surface area contributed by atoms with E-state index in [1.54, 1.807) is 0 Å². The number of rotatable bonds is 4. The van der Waals surface area contributed by atoms with Crippen LogP contribution in [0.5, 0.6) is 0 Å². The third-order valence-corrected chi connectivity index (χ3v) is 4.49. The van der Waals surface area contributed by atoms with Crippen molar-refractivity contribution in [2.75, 3.05) is 0 Å². The molecule has 1 fully saturated rings. The van der Waals surface area contributed by atoms with Crippen LogP contribution in [0.15, 0.2) is 24.3 Å². The van der Waals surface area contributed by atoms with Gasteiger partial charge in [-0.15, -0.1) is 0 Å². The average molecular weight is 261 g/mol. The molecule has 2 rings (SSSR count). The summed E-state index contributed by atoms with van der Waals surface area (Å²) in [5.74, 6) is 0.919. The van der Waals surface area contributed by atoms with E-state index in [4.69, 9.17) is 5.73 Å². The monoisotopic (exact) mass is 261 g/mol. The molecule has 1 aromatic carbocycles. The van der Waals surface area contributed by atoms with Gasteiger partial charge in [-0.3, -0.25) is 0 Å². The Morgan fingerprint density at radius 1 is 1.00 bits per heavy atom. The van der Waals surface area contributed by atoms with Gasteiger partial charge in [-0.2, -0.15) is 0 Å². The number of hydrogen-bond acceptors (Lipinski definition) is 2. The largest absolute Gasteiger partial charge is 0.391 e. The standard InChI is InChI=1S/C17H27NO/c1-12(2)13-8-10-14(11-9-13)16(18)17(19)15-6-4-3-5-7-15/h8-12,15-17,19H,3-7,18H2,1-2H3/t16-,17+/m1/s1. The number of aliphatic hydroxyl groups is 1. The van der Waals surface area contributed by atoms with E-state index in [-0.39, 0.29) is 6.04 Å². The molecule has 2 heteroatoms. The number of nitrogens with two attached hydrogens (primary N) is 1. The van der Waals surface area contributed by atoms with Gasteiger partial charge in [0.2, 0.25) is 0 Å². The quantitative estimate of drug-likeness (QED) is 0.867. The average Bonchev–Trinajstić information content (AvgIpc) is 2.46. The molecule has 0 aliphatic heterocycles. The Morgan fingerprint density at radius 2 is 1.53 bits per heavy atom. The molecule has 1 saturated carbocycles. The van der Waals surface area contributed by atoms with E-state index in [2.05, 4.69) is 38.1 Å². The van der Waals surface area contributed by atoms with Crippen molar-refractivity contribution in [3.05, 3.63) is 35.4 Å². The van der Waals surface area contributed by atoms with Crippen LogP contribution in [0.25, 0.3) is 0 Å². The van der Waals surface area contributed by atoms with Crippen molar-refractivity contribution in [2.24, 2.45) is 11.7 Å². The van der Waals surface area contributed by atoms with Gasteiger partial charge in [0.1, 0.15) is 0 Å². The Hall–Kier alpha value is -0.860. The topological polar surface area (TPSA) is 46.2 Å². The van der Waals surface area contributed by atoms with Gasteiger partial charge in [-0.05, 0) is 35.8 Å². The van der Waals surface area contributed by atoms with Crippen LogP contribution in [-0.2, 0) is 0 Å². The maximum Gasteiger partial charge on any atom is 0.0760 e. The summed E-state index contributed by atoms with van der Waals surface area (Å²) in [6.45, 7) is 4.37. The zero-order chi connectivity index (χ0) is 13.8. The first kappa shape index (κ1) is 14.5. The van der Waals surface area contributed by atoms with Gasteiger partial charge in [-0.1, -0.05) is 57.4 Å². The van der Waals surface area contributed by atoms with Gasteiger partial charge in [0.05, 0.1) is 12.1 Å². The zero-order valence-corrected chi connectivity index (χ0v) is 12.2. The molecule has 3 N–H and O–H groups in total. The molecular formula is C17H27NO. The summed E-state index contributed by atoms with van der Waals surface area (Å²) in [6.07, 6.45) is 5.63. The Kier molecular flexibility index (Phi) is 5.00. The first-order chi connectivity index (χ1) is 9.09. The summed E-state index contributed by atoms with van der Waals surface area (Å²) in [6, 6.07) is 8.17. The van der Waals surface area contributed by atoms with Gasteiger partial charge in [0, 0.05) is 0 Å². The van der Waals surface area contributed by atoms with Gasteiger partial charge >= 0.3 is 0 Å². The molecule has 0 bridgehead atoms. The summed E-state index contributed by atoms with van der Waals surface area (Å²) in [4.78, 5) is 0. The zero-order valence-electron chi connectivity index (χ0n) is 12.2. The maximum absolute atomic E-state index is 10.4. The summed E-state index contributed by atoms with van der Waals surface area (Å²) < 4.78 is 0. The fourth-order valence-corrected chi connectivity index (χ4v) is 3.07. The predicted molar refractivity (Wildman–Crippen MR) is 80.0 cm³/mol. The minimum atomic E-state index is -0.398. The smallest absolute Gasteiger partial charge is 0.0760 e. The summed E-state index contributed by atoms with van der Waals surface area (Å²) in [7, 11) is 0. The fourth-order valence-electron chi connectivity index (χ4n) is 3.07. The Balaban J connectivity index is 2.03. The van der Waals surface area contributed by atoms with Crippen molar-refractivity contribution in [1.29, 1.82) is 0 Å². The lowest BCUT2D eigenvalue weighted by molar-refractivity contribution is 0.0618. The Morgan fingerprint density at radius 3 is 2.05 bits per heavy atom. The van der Waals surface area contributed by atoms with Gasteiger partial charge in [0.25, 0.3) is 0 Å². The van der Waals surface area contributed by atoms with Crippen LogP contribution in [0.1, 0.15) is 69.0 Å². The van der Waals surface area contributed by atoms with Gasteiger partial charge in [0.15, 0.2) is 0 Å². The van der Waals surface area contributed by atoms with Crippen LogP contribution < -0.4 is 5.73 Å². The van der Waals surface area contributed by atoms with E-state index in [1.165, 1.54) is 24.8 Å². The fraction of sp³-hybridized carbons (Fsp3) is 0.647. The van der Waals surface area contributed by atoms with Gasteiger partial charge in [-0.25, -0.2) is 0 Å². The highest BCUT2D eigenvalue weighted by Gasteiger charge is 2.27. The Labute approximate surface area is 117 Å². The molecule has 0 aromatic heterocycles.